The number of amides is 1. The molecule has 13 heavy (non-hydrogen) atoms. The maximum Gasteiger partial charge on any atom is 0.231 e. The van der Waals surface area contributed by atoms with Crippen LogP contribution in [0.25, 0.3) is 0 Å². The van der Waals surface area contributed by atoms with Crippen LogP contribution < -0.4 is 5.32 Å². The minimum atomic E-state index is -0.325. The zero-order valence-electron chi connectivity index (χ0n) is 6.90. The molecule has 68 valence electrons. The van der Waals surface area contributed by atoms with E-state index in [1.165, 1.54) is 12.1 Å². The van der Waals surface area contributed by atoms with Crippen molar-refractivity contribution in [2.75, 3.05) is 5.32 Å². The fourth-order valence-corrected chi connectivity index (χ4v) is 1.99. The van der Waals surface area contributed by atoms with Crippen LogP contribution in [-0.4, -0.2) is 5.91 Å². The van der Waals surface area contributed by atoms with Crippen LogP contribution in [0.4, 0.5) is 10.1 Å². The molecule has 2 nitrogen and oxygen atoms in total. The van der Waals surface area contributed by atoms with Gasteiger partial charge in [-0.25, -0.2) is 4.39 Å². The van der Waals surface area contributed by atoms with Gasteiger partial charge in [-0.15, -0.1) is 0 Å². The van der Waals surface area contributed by atoms with Crippen molar-refractivity contribution < 1.29 is 9.18 Å². The van der Waals surface area contributed by atoms with Crippen molar-refractivity contribution in [1.29, 1.82) is 0 Å². The van der Waals surface area contributed by atoms with E-state index in [1.807, 2.05) is 0 Å². The molecule has 4 heteroatoms. The summed E-state index contributed by atoms with van der Waals surface area (Å²) in [6.45, 7) is 1.76. The minimum absolute atomic E-state index is 0.0821. The molecule has 1 heterocycles. The highest BCUT2D eigenvalue weighted by molar-refractivity contribution is 9.10. The van der Waals surface area contributed by atoms with Gasteiger partial charge in [0.15, 0.2) is 0 Å². The largest absolute Gasteiger partial charge is 0.324 e. The standard InChI is InChI=1S/C9H7BrFNO/c1-4-6-2-5(11)3-7(10)8(6)12-9(4)13/h2-4H,1H3,(H,12,13). The molecule has 0 radical (unpaired) electrons. The molecule has 1 aliphatic rings. The smallest absolute Gasteiger partial charge is 0.231 e. The molecule has 1 atom stereocenters. The van der Waals surface area contributed by atoms with E-state index >= 15 is 0 Å². The van der Waals surface area contributed by atoms with Gasteiger partial charge in [0, 0.05) is 4.47 Å². The lowest BCUT2D eigenvalue weighted by molar-refractivity contribution is -0.116. The Morgan fingerprint density at radius 1 is 1.54 bits per heavy atom. The van der Waals surface area contributed by atoms with Crippen LogP contribution in [0, 0.1) is 5.82 Å². The first-order chi connectivity index (χ1) is 6.09. The molecule has 0 spiro atoms. The molecule has 0 fully saturated rings. The van der Waals surface area contributed by atoms with E-state index in [0.717, 1.165) is 5.56 Å². The number of carbonyl (C=O) groups excluding carboxylic acids is 1. The van der Waals surface area contributed by atoms with Gasteiger partial charge in [0.2, 0.25) is 5.91 Å². The van der Waals surface area contributed by atoms with Crippen LogP contribution in [0.1, 0.15) is 18.4 Å². The SMILES string of the molecule is CC1C(=O)Nc2c(Br)cc(F)cc21. The molecule has 0 saturated carbocycles. The number of hydrogen-bond acceptors (Lipinski definition) is 1. The molecule has 0 aliphatic carbocycles. The Bertz CT molecular complexity index is 391. The van der Waals surface area contributed by atoms with Crippen LogP contribution in [0.5, 0.6) is 0 Å². The maximum atomic E-state index is 13.0. The van der Waals surface area contributed by atoms with E-state index < -0.39 is 0 Å². The highest BCUT2D eigenvalue weighted by Crippen LogP contribution is 2.38. The van der Waals surface area contributed by atoms with E-state index in [9.17, 15) is 9.18 Å². The van der Waals surface area contributed by atoms with Gasteiger partial charge in [-0.3, -0.25) is 4.79 Å². The van der Waals surface area contributed by atoms with Crippen LogP contribution in [0.3, 0.4) is 0 Å². The lowest BCUT2D eigenvalue weighted by atomic mass is 10.0. The van der Waals surface area contributed by atoms with E-state index in [4.69, 9.17) is 0 Å². The number of rotatable bonds is 0. The van der Waals surface area contributed by atoms with Crippen molar-refractivity contribution in [1.82, 2.24) is 0 Å². The molecule has 2 rings (SSSR count). The van der Waals surface area contributed by atoms with Crippen molar-refractivity contribution in [3.05, 3.63) is 28.0 Å². The van der Waals surface area contributed by atoms with E-state index in [-0.39, 0.29) is 17.6 Å². The number of fused-ring (bicyclic) bond motifs is 1. The third kappa shape index (κ3) is 1.25. The summed E-state index contributed by atoms with van der Waals surface area (Å²) < 4.78 is 13.6. The monoisotopic (exact) mass is 243 g/mol. The quantitative estimate of drug-likeness (QED) is 0.746. The van der Waals surface area contributed by atoms with Gasteiger partial charge in [0.25, 0.3) is 0 Å². The summed E-state index contributed by atoms with van der Waals surface area (Å²) in [5, 5.41) is 2.69. The fourth-order valence-electron chi connectivity index (χ4n) is 1.44. The molecule has 1 aliphatic heterocycles. The summed E-state index contributed by atoms with van der Waals surface area (Å²) in [6, 6.07) is 2.74. The number of benzene rings is 1. The molecule has 1 unspecified atom stereocenters. The van der Waals surface area contributed by atoms with E-state index in [2.05, 4.69) is 21.2 Å². The lowest BCUT2D eigenvalue weighted by Gasteiger charge is -2.02. The van der Waals surface area contributed by atoms with Gasteiger partial charge in [0.05, 0.1) is 11.6 Å². The number of halogens is 2. The van der Waals surface area contributed by atoms with Crippen LogP contribution in [0.15, 0.2) is 16.6 Å². The summed E-state index contributed by atoms with van der Waals surface area (Å²) >= 11 is 3.20. The molecule has 1 aromatic carbocycles. The van der Waals surface area contributed by atoms with Crippen molar-refractivity contribution >= 4 is 27.5 Å². The van der Waals surface area contributed by atoms with Gasteiger partial charge in [-0.05, 0) is 40.5 Å². The Kier molecular flexibility index (Phi) is 1.87. The number of anilines is 1. The van der Waals surface area contributed by atoms with Crippen LogP contribution >= 0.6 is 15.9 Å². The fraction of sp³-hybridized carbons (Fsp3) is 0.222. The number of carbonyl (C=O) groups is 1. The van der Waals surface area contributed by atoms with E-state index in [1.54, 1.807) is 6.92 Å². The Balaban J connectivity index is 2.63. The molecule has 1 amide bonds. The highest BCUT2D eigenvalue weighted by Gasteiger charge is 2.28. The molecule has 0 saturated heterocycles. The van der Waals surface area contributed by atoms with Crippen molar-refractivity contribution in [3.63, 3.8) is 0 Å². The Morgan fingerprint density at radius 3 is 2.92 bits per heavy atom. The first-order valence-corrected chi connectivity index (χ1v) is 4.68. The predicted octanol–water partition coefficient (Wildman–Crippen LogP) is 2.64. The first kappa shape index (κ1) is 8.69. The zero-order chi connectivity index (χ0) is 9.59. The summed E-state index contributed by atoms with van der Waals surface area (Å²) in [7, 11) is 0. The third-order valence-corrected chi connectivity index (χ3v) is 2.82. The Labute approximate surface area is 83.3 Å². The normalized spacial score (nSPS) is 19.9. The van der Waals surface area contributed by atoms with Crippen LogP contribution in [-0.2, 0) is 4.79 Å². The van der Waals surface area contributed by atoms with Crippen LogP contribution in [0.2, 0.25) is 0 Å². The summed E-state index contributed by atoms with van der Waals surface area (Å²) in [6.07, 6.45) is 0. The molecular formula is C9H7BrFNO. The van der Waals surface area contributed by atoms with Gasteiger partial charge < -0.3 is 5.32 Å². The summed E-state index contributed by atoms with van der Waals surface area (Å²) in [5.41, 5.74) is 1.41. The van der Waals surface area contributed by atoms with Crippen molar-refractivity contribution in [2.45, 2.75) is 12.8 Å². The highest BCUT2D eigenvalue weighted by atomic mass is 79.9. The average molecular weight is 244 g/mol. The van der Waals surface area contributed by atoms with Gasteiger partial charge in [-0.2, -0.15) is 0 Å². The van der Waals surface area contributed by atoms with Crippen molar-refractivity contribution in [2.24, 2.45) is 0 Å². The second kappa shape index (κ2) is 2.80. The molecule has 1 aromatic rings. The van der Waals surface area contributed by atoms with Gasteiger partial charge in [0.1, 0.15) is 5.82 Å². The maximum absolute atomic E-state index is 13.0. The molecule has 1 N–H and O–H groups in total. The van der Waals surface area contributed by atoms with Gasteiger partial charge in [-0.1, -0.05) is 0 Å². The first-order valence-electron chi connectivity index (χ1n) is 3.89. The summed E-state index contributed by atoms with van der Waals surface area (Å²) in [4.78, 5) is 11.2. The molecule has 0 bridgehead atoms. The molecule has 0 aromatic heterocycles. The third-order valence-electron chi connectivity index (χ3n) is 2.19. The van der Waals surface area contributed by atoms with E-state index in [0.29, 0.717) is 10.2 Å². The summed E-state index contributed by atoms with van der Waals surface area (Å²) in [5.74, 6) is -0.669. The Morgan fingerprint density at radius 2 is 2.23 bits per heavy atom. The van der Waals surface area contributed by atoms with Crippen molar-refractivity contribution in [3.8, 4) is 0 Å². The zero-order valence-corrected chi connectivity index (χ0v) is 8.48. The second-order valence-electron chi connectivity index (χ2n) is 3.06. The minimum Gasteiger partial charge on any atom is -0.324 e. The molecular weight excluding hydrogens is 237 g/mol. The Hall–Kier alpha value is -0.900. The van der Waals surface area contributed by atoms with Gasteiger partial charge >= 0.3 is 0 Å². The lowest BCUT2D eigenvalue weighted by Crippen LogP contribution is -2.08. The predicted molar refractivity (Wildman–Crippen MR) is 51.1 cm³/mol. The number of nitrogens with one attached hydrogen (secondary N) is 1. The second-order valence-corrected chi connectivity index (χ2v) is 3.92. The average Bonchev–Trinajstić information content (AvgIpc) is 2.32. The topological polar surface area (TPSA) is 29.1 Å². The number of hydrogen-bond donors (Lipinski definition) is 1.